The van der Waals surface area contributed by atoms with Crippen molar-refractivity contribution in [3.63, 3.8) is 0 Å². The van der Waals surface area contributed by atoms with E-state index in [2.05, 4.69) is 4.98 Å². The quantitative estimate of drug-likeness (QED) is 0.723. The summed E-state index contributed by atoms with van der Waals surface area (Å²) in [5.41, 5.74) is 1.13. The molecule has 0 bridgehead atoms. The molecule has 27 heavy (non-hydrogen) atoms. The van der Waals surface area contributed by atoms with E-state index in [1.165, 1.54) is 0 Å². The predicted molar refractivity (Wildman–Crippen MR) is 102 cm³/mol. The molecule has 0 spiro atoms. The normalized spacial score (nSPS) is 24.9. The minimum atomic E-state index is -0.488. The van der Waals surface area contributed by atoms with E-state index >= 15 is 0 Å². The molecule has 146 valence electrons. The molecule has 1 saturated carbocycles. The van der Waals surface area contributed by atoms with Crippen LogP contribution < -0.4 is 0 Å². The molecule has 6 nitrogen and oxygen atoms in total. The topological polar surface area (TPSA) is 62.7 Å². The number of carbonyl (C=O) groups excluding carboxylic acids is 2. The van der Waals surface area contributed by atoms with Crippen molar-refractivity contribution in [2.75, 3.05) is 26.2 Å². The summed E-state index contributed by atoms with van der Waals surface area (Å²) in [4.78, 5) is 33.1. The number of fused-ring (bicyclic) bond motifs is 1. The second-order valence-corrected chi connectivity index (χ2v) is 9.35. The van der Waals surface area contributed by atoms with Gasteiger partial charge in [-0.1, -0.05) is 11.6 Å². The molecule has 3 aliphatic rings. The van der Waals surface area contributed by atoms with Gasteiger partial charge in [0, 0.05) is 44.2 Å². The second kappa shape index (κ2) is 6.66. The molecule has 2 saturated heterocycles. The highest BCUT2D eigenvalue weighted by Gasteiger charge is 2.44. The van der Waals surface area contributed by atoms with Crippen molar-refractivity contribution in [1.29, 1.82) is 0 Å². The summed E-state index contributed by atoms with van der Waals surface area (Å²) in [6.07, 6.45) is 3.56. The fourth-order valence-electron chi connectivity index (χ4n) is 4.08. The molecule has 0 aromatic carbocycles. The molecule has 0 unspecified atom stereocenters. The van der Waals surface area contributed by atoms with Gasteiger partial charge in [0.25, 0.3) is 5.91 Å². The SMILES string of the molecule is CC(C)(C)OC(=O)N1C[C@H]2CN(C(=O)c3cnc(Cl)c(C4CC4)c3)C[C@@H]2C1. The maximum absolute atomic E-state index is 12.9. The van der Waals surface area contributed by atoms with Gasteiger partial charge in [-0.3, -0.25) is 4.79 Å². The van der Waals surface area contributed by atoms with E-state index in [1.807, 2.05) is 31.7 Å². The van der Waals surface area contributed by atoms with Gasteiger partial charge >= 0.3 is 6.09 Å². The summed E-state index contributed by atoms with van der Waals surface area (Å²) in [7, 11) is 0. The van der Waals surface area contributed by atoms with E-state index in [1.54, 1.807) is 11.1 Å². The highest BCUT2D eigenvalue weighted by molar-refractivity contribution is 6.30. The van der Waals surface area contributed by atoms with E-state index in [0.717, 1.165) is 18.4 Å². The minimum Gasteiger partial charge on any atom is -0.444 e. The molecule has 1 aromatic rings. The average Bonchev–Trinajstić information content (AvgIpc) is 3.21. The van der Waals surface area contributed by atoms with Crippen LogP contribution in [0.3, 0.4) is 0 Å². The summed E-state index contributed by atoms with van der Waals surface area (Å²) in [5.74, 6) is 1.09. The molecular formula is C20H26ClN3O3. The van der Waals surface area contributed by atoms with E-state index in [-0.39, 0.29) is 12.0 Å². The molecule has 3 fully saturated rings. The molecule has 1 aliphatic carbocycles. The first-order valence-corrected chi connectivity index (χ1v) is 10.0. The lowest BCUT2D eigenvalue weighted by Crippen LogP contribution is -2.38. The molecule has 1 aromatic heterocycles. The van der Waals surface area contributed by atoms with Crippen LogP contribution in [0.1, 0.15) is 55.5 Å². The number of amides is 2. The number of likely N-dealkylation sites (tertiary alicyclic amines) is 2. The van der Waals surface area contributed by atoms with Gasteiger partial charge in [0.15, 0.2) is 0 Å². The maximum Gasteiger partial charge on any atom is 0.410 e. The molecule has 4 rings (SSSR count). The molecule has 2 amide bonds. The number of rotatable bonds is 2. The van der Waals surface area contributed by atoms with E-state index < -0.39 is 5.60 Å². The van der Waals surface area contributed by atoms with Crippen molar-refractivity contribution in [1.82, 2.24) is 14.8 Å². The van der Waals surface area contributed by atoms with Crippen molar-refractivity contribution >= 4 is 23.6 Å². The minimum absolute atomic E-state index is 0.0132. The summed E-state index contributed by atoms with van der Waals surface area (Å²) in [6, 6.07) is 1.91. The summed E-state index contributed by atoms with van der Waals surface area (Å²) >= 11 is 6.18. The first-order chi connectivity index (χ1) is 12.7. The Bertz CT molecular complexity index is 758. The van der Waals surface area contributed by atoms with Crippen molar-refractivity contribution < 1.29 is 14.3 Å². The Labute approximate surface area is 164 Å². The molecular weight excluding hydrogens is 366 g/mol. The van der Waals surface area contributed by atoms with Gasteiger partial charge in [-0.25, -0.2) is 9.78 Å². The van der Waals surface area contributed by atoms with Gasteiger partial charge in [0.2, 0.25) is 0 Å². The standard InChI is InChI=1S/C20H26ClN3O3/c1-20(2,3)27-19(26)24-10-14-8-23(9-15(14)11-24)18(25)13-6-16(12-4-5-12)17(21)22-7-13/h6-7,12,14-15H,4-5,8-11H2,1-3H3/t14-,15-/m1/s1. The Balaban J connectivity index is 1.38. The van der Waals surface area contributed by atoms with Crippen molar-refractivity contribution in [3.8, 4) is 0 Å². The zero-order valence-electron chi connectivity index (χ0n) is 16.1. The third-order valence-corrected chi connectivity index (χ3v) is 5.87. The number of hydrogen-bond acceptors (Lipinski definition) is 4. The molecule has 3 heterocycles. The lowest BCUT2D eigenvalue weighted by molar-refractivity contribution is 0.0275. The van der Waals surface area contributed by atoms with Gasteiger partial charge in [0.1, 0.15) is 10.8 Å². The fraction of sp³-hybridized carbons (Fsp3) is 0.650. The Morgan fingerprint density at radius 1 is 1.11 bits per heavy atom. The lowest BCUT2D eigenvalue weighted by atomic mass is 10.0. The van der Waals surface area contributed by atoms with Crippen molar-refractivity contribution in [3.05, 3.63) is 28.5 Å². The summed E-state index contributed by atoms with van der Waals surface area (Å²) in [5, 5.41) is 0.514. The number of pyridine rings is 1. The lowest BCUT2D eigenvalue weighted by Gasteiger charge is -2.26. The van der Waals surface area contributed by atoms with E-state index in [0.29, 0.717) is 54.6 Å². The highest BCUT2D eigenvalue weighted by Crippen LogP contribution is 2.43. The number of carbonyl (C=O) groups is 2. The van der Waals surface area contributed by atoms with Crippen LogP contribution in [-0.2, 0) is 4.74 Å². The van der Waals surface area contributed by atoms with Gasteiger partial charge in [-0.2, -0.15) is 0 Å². The van der Waals surface area contributed by atoms with Crippen LogP contribution in [0.2, 0.25) is 5.15 Å². The monoisotopic (exact) mass is 391 g/mol. The zero-order chi connectivity index (χ0) is 19.3. The van der Waals surface area contributed by atoms with Crippen molar-refractivity contribution in [2.24, 2.45) is 11.8 Å². The first-order valence-electron chi connectivity index (χ1n) is 9.64. The Morgan fingerprint density at radius 2 is 1.70 bits per heavy atom. The first kappa shape index (κ1) is 18.5. The van der Waals surface area contributed by atoms with Crippen LogP contribution >= 0.6 is 11.6 Å². The van der Waals surface area contributed by atoms with Gasteiger partial charge < -0.3 is 14.5 Å². The average molecular weight is 392 g/mol. The largest absolute Gasteiger partial charge is 0.444 e. The molecule has 0 N–H and O–H groups in total. The number of hydrogen-bond donors (Lipinski definition) is 0. The fourth-order valence-corrected chi connectivity index (χ4v) is 4.34. The number of ether oxygens (including phenoxy) is 1. The van der Waals surface area contributed by atoms with E-state index in [9.17, 15) is 9.59 Å². The maximum atomic E-state index is 12.9. The van der Waals surface area contributed by atoms with Gasteiger partial charge in [-0.15, -0.1) is 0 Å². The Kier molecular flexibility index (Phi) is 4.57. The zero-order valence-corrected chi connectivity index (χ0v) is 16.8. The third kappa shape index (κ3) is 3.91. The van der Waals surface area contributed by atoms with Crippen LogP contribution in [0.25, 0.3) is 0 Å². The van der Waals surface area contributed by atoms with Crippen LogP contribution in [0.15, 0.2) is 12.3 Å². The summed E-state index contributed by atoms with van der Waals surface area (Å²) < 4.78 is 5.47. The van der Waals surface area contributed by atoms with Crippen molar-refractivity contribution in [2.45, 2.75) is 45.1 Å². The summed E-state index contributed by atoms with van der Waals surface area (Å²) in [6.45, 7) is 8.26. The molecule has 2 aliphatic heterocycles. The molecule has 0 radical (unpaired) electrons. The van der Waals surface area contributed by atoms with Crippen LogP contribution in [0.4, 0.5) is 4.79 Å². The highest BCUT2D eigenvalue weighted by atomic mass is 35.5. The number of nitrogens with zero attached hydrogens (tertiary/aromatic N) is 3. The molecule has 2 atom stereocenters. The van der Waals surface area contributed by atoms with Gasteiger partial charge in [0.05, 0.1) is 5.56 Å². The molecule has 7 heteroatoms. The van der Waals surface area contributed by atoms with Crippen LogP contribution in [0.5, 0.6) is 0 Å². The predicted octanol–water partition coefficient (Wildman–Crippen LogP) is 3.55. The Morgan fingerprint density at radius 3 is 2.26 bits per heavy atom. The van der Waals surface area contributed by atoms with Crippen LogP contribution in [-0.4, -0.2) is 58.6 Å². The third-order valence-electron chi connectivity index (χ3n) is 5.56. The number of halogens is 1. The van der Waals surface area contributed by atoms with Crippen LogP contribution in [0, 0.1) is 11.8 Å². The Hall–Kier alpha value is -1.82. The van der Waals surface area contributed by atoms with E-state index in [4.69, 9.17) is 16.3 Å². The van der Waals surface area contributed by atoms with Gasteiger partial charge in [-0.05, 0) is 51.2 Å². The number of aromatic nitrogens is 1. The second-order valence-electron chi connectivity index (χ2n) is 8.99. The smallest absolute Gasteiger partial charge is 0.410 e.